The van der Waals surface area contributed by atoms with E-state index in [4.69, 9.17) is 0 Å². The first-order chi connectivity index (χ1) is 8.85. The maximum atomic E-state index is 12.0. The molecule has 0 aliphatic rings. The van der Waals surface area contributed by atoms with Gasteiger partial charge >= 0.3 is 0 Å². The van der Waals surface area contributed by atoms with Crippen LogP contribution < -0.4 is 5.32 Å². The summed E-state index contributed by atoms with van der Waals surface area (Å²) in [5, 5.41) is 2.85. The van der Waals surface area contributed by atoms with Gasteiger partial charge in [-0.2, -0.15) is 0 Å². The van der Waals surface area contributed by atoms with Gasteiger partial charge in [0.2, 0.25) is 5.91 Å². The van der Waals surface area contributed by atoms with E-state index in [0.717, 1.165) is 14.6 Å². The minimum atomic E-state index is -0.195. The van der Waals surface area contributed by atoms with Crippen LogP contribution in [-0.4, -0.2) is 21.7 Å². The van der Waals surface area contributed by atoms with Crippen molar-refractivity contribution in [1.29, 1.82) is 0 Å². The summed E-state index contributed by atoms with van der Waals surface area (Å²) in [7, 11) is 0. The Morgan fingerprint density at radius 2 is 2.05 bits per heavy atom. The first kappa shape index (κ1) is 14.3. The van der Waals surface area contributed by atoms with Crippen LogP contribution in [-0.2, 0) is 4.79 Å². The molecule has 0 spiro atoms. The lowest BCUT2D eigenvalue weighted by atomic mass is 10.1. The van der Waals surface area contributed by atoms with Crippen molar-refractivity contribution in [2.24, 2.45) is 0 Å². The van der Waals surface area contributed by atoms with Crippen molar-refractivity contribution < 1.29 is 4.79 Å². The maximum Gasteiger partial charge on any atom is 0.233 e. The number of nitrogens with zero attached hydrogens (tertiary/aromatic N) is 1. The van der Waals surface area contributed by atoms with Crippen molar-refractivity contribution in [2.75, 3.05) is 0 Å². The molecule has 0 saturated heterocycles. The monoisotopic (exact) mass is 294 g/mol. The molecule has 0 radical (unpaired) electrons. The molecule has 102 valence electrons. The number of aromatic nitrogens is 1. The molecule has 1 aromatic heterocycles. The van der Waals surface area contributed by atoms with Gasteiger partial charge in [-0.3, -0.25) is 4.79 Å². The molecule has 1 N–H and O–H groups in total. The van der Waals surface area contributed by atoms with Crippen LogP contribution in [0.3, 0.4) is 0 Å². The number of carbonyl (C=O) groups is 1. The fourth-order valence-corrected chi connectivity index (χ4v) is 3.79. The zero-order chi connectivity index (χ0) is 14.0. The van der Waals surface area contributed by atoms with Crippen LogP contribution in [0.1, 0.15) is 27.7 Å². The highest BCUT2D eigenvalue weighted by molar-refractivity contribution is 8.02. The highest BCUT2D eigenvalue weighted by Crippen LogP contribution is 2.31. The predicted molar refractivity (Wildman–Crippen MR) is 82.8 cm³/mol. The quantitative estimate of drug-likeness (QED) is 0.878. The lowest BCUT2D eigenvalue weighted by molar-refractivity contribution is -0.121. The summed E-state index contributed by atoms with van der Waals surface area (Å²) >= 11 is 3.15. The van der Waals surface area contributed by atoms with E-state index in [-0.39, 0.29) is 16.7 Å². The molecule has 1 amide bonds. The molecule has 2 rings (SSSR count). The fourth-order valence-electron chi connectivity index (χ4n) is 1.58. The number of rotatable bonds is 3. The molecule has 0 aliphatic carbocycles. The Labute approximate surface area is 121 Å². The van der Waals surface area contributed by atoms with Crippen molar-refractivity contribution >= 4 is 39.2 Å². The molecule has 1 heterocycles. The lowest BCUT2D eigenvalue weighted by Crippen LogP contribution is -2.44. The molecule has 0 aliphatic heterocycles. The van der Waals surface area contributed by atoms with E-state index in [2.05, 4.69) is 16.4 Å². The predicted octanol–water partition coefficient (Wildman–Crippen LogP) is 3.69. The van der Waals surface area contributed by atoms with Gasteiger partial charge in [-0.1, -0.05) is 23.9 Å². The number of hydrogen-bond acceptors (Lipinski definition) is 4. The molecular weight excluding hydrogens is 276 g/mol. The average molecular weight is 294 g/mol. The summed E-state index contributed by atoms with van der Waals surface area (Å²) < 4.78 is 2.10. The summed E-state index contributed by atoms with van der Waals surface area (Å²) in [6.07, 6.45) is 0. The van der Waals surface area contributed by atoms with Gasteiger partial charge in [0, 0.05) is 5.54 Å². The molecule has 1 unspecified atom stereocenters. The normalized spacial score (nSPS) is 13.5. The van der Waals surface area contributed by atoms with Gasteiger partial charge in [0.05, 0.1) is 15.5 Å². The Kier molecular flexibility index (Phi) is 4.16. The number of fused-ring (bicyclic) bond motifs is 1. The summed E-state index contributed by atoms with van der Waals surface area (Å²) in [6.45, 7) is 7.87. The molecule has 2 aromatic rings. The van der Waals surface area contributed by atoms with E-state index in [1.165, 1.54) is 11.8 Å². The smallest absolute Gasteiger partial charge is 0.233 e. The minimum Gasteiger partial charge on any atom is -0.351 e. The summed E-state index contributed by atoms with van der Waals surface area (Å²) in [5.41, 5.74) is 0.804. The van der Waals surface area contributed by atoms with Crippen LogP contribution in [0.15, 0.2) is 28.6 Å². The molecular formula is C14H18N2OS2. The van der Waals surface area contributed by atoms with Gasteiger partial charge in [0.1, 0.15) is 0 Å². The zero-order valence-corrected chi connectivity index (χ0v) is 13.2. The minimum absolute atomic E-state index is 0.0526. The number of carbonyl (C=O) groups excluding carboxylic acids is 1. The van der Waals surface area contributed by atoms with E-state index in [0.29, 0.717) is 0 Å². The number of benzene rings is 1. The first-order valence-corrected chi connectivity index (χ1v) is 7.89. The number of nitrogens with one attached hydrogen (secondary N) is 1. The molecule has 3 nitrogen and oxygen atoms in total. The number of para-hydroxylation sites is 1. The van der Waals surface area contributed by atoms with Crippen LogP contribution in [0.2, 0.25) is 0 Å². The van der Waals surface area contributed by atoms with Gasteiger partial charge in [0.15, 0.2) is 4.34 Å². The van der Waals surface area contributed by atoms with Gasteiger partial charge in [-0.15, -0.1) is 11.3 Å². The Morgan fingerprint density at radius 1 is 1.37 bits per heavy atom. The Balaban J connectivity index is 2.06. The van der Waals surface area contributed by atoms with E-state index >= 15 is 0 Å². The van der Waals surface area contributed by atoms with E-state index in [1.807, 2.05) is 45.9 Å². The van der Waals surface area contributed by atoms with Crippen LogP contribution in [0, 0.1) is 0 Å². The van der Waals surface area contributed by atoms with Crippen LogP contribution >= 0.6 is 23.1 Å². The van der Waals surface area contributed by atoms with Crippen molar-refractivity contribution in [2.45, 2.75) is 42.8 Å². The van der Waals surface area contributed by atoms with Crippen LogP contribution in [0.5, 0.6) is 0 Å². The largest absolute Gasteiger partial charge is 0.351 e. The number of thioether (sulfide) groups is 1. The Bertz CT molecular complexity index is 553. The third-order valence-corrected chi connectivity index (χ3v) is 4.65. The SMILES string of the molecule is CC(Sc1nc2ccccc2s1)C(=O)NC(C)(C)C. The third kappa shape index (κ3) is 3.94. The number of thiazole rings is 1. The Hall–Kier alpha value is -1.07. The number of amides is 1. The molecule has 1 atom stereocenters. The number of hydrogen-bond donors (Lipinski definition) is 1. The van der Waals surface area contributed by atoms with E-state index < -0.39 is 0 Å². The second kappa shape index (κ2) is 5.51. The van der Waals surface area contributed by atoms with Crippen molar-refractivity contribution in [1.82, 2.24) is 10.3 Å². The van der Waals surface area contributed by atoms with Gasteiger partial charge < -0.3 is 5.32 Å². The van der Waals surface area contributed by atoms with Crippen molar-refractivity contribution in [3.8, 4) is 0 Å². The molecule has 19 heavy (non-hydrogen) atoms. The second-order valence-electron chi connectivity index (χ2n) is 5.45. The highest BCUT2D eigenvalue weighted by atomic mass is 32.2. The average Bonchev–Trinajstić information content (AvgIpc) is 2.68. The van der Waals surface area contributed by atoms with E-state index in [9.17, 15) is 4.79 Å². The molecule has 5 heteroatoms. The topological polar surface area (TPSA) is 42.0 Å². The molecule has 1 aromatic carbocycles. The van der Waals surface area contributed by atoms with Crippen molar-refractivity contribution in [3.05, 3.63) is 24.3 Å². The third-order valence-electron chi connectivity index (χ3n) is 2.42. The van der Waals surface area contributed by atoms with Gasteiger partial charge in [-0.05, 0) is 39.8 Å². The Morgan fingerprint density at radius 3 is 2.68 bits per heavy atom. The summed E-state index contributed by atoms with van der Waals surface area (Å²) in [4.78, 5) is 16.6. The van der Waals surface area contributed by atoms with E-state index in [1.54, 1.807) is 11.3 Å². The van der Waals surface area contributed by atoms with Crippen LogP contribution in [0.25, 0.3) is 10.2 Å². The first-order valence-electron chi connectivity index (χ1n) is 6.19. The fraction of sp³-hybridized carbons (Fsp3) is 0.429. The molecule has 0 bridgehead atoms. The zero-order valence-electron chi connectivity index (χ0n) is 11.6. The highest BCUT2D eigenvalue weighted by Gasteiger charge is 2.21. The summed E-state index contributed by atoms with van der Waals surface area (Å²) in [5.74, 6) is 0.0526. The van der Waals surface area contributed by atoms with Crippen molar-refractivity contribution in [3.63, 3.8) is 0 Å². The summed E-state index contributed by atoms with van der Waals surface area (Å²) in [6, 6.07) is 8.03. The standard InChI is InChI=1S/C14H18N2OS2/c1-9(12(17)16-14(2,3)4)18-13-15-10-7-5-6-8-11(10)19-13/h5-9H,1-4H3,(H,16,17). The van der Waals surface area contributed by atoms with Gasteiger partial charge in [0.25, 0.3) is 0 Å². The molecule has 0 saturated carbocycles. The van der Waals surface area contributed by atoms with Gasteiger partial charge in [-0.25, -0.2) is 4.98 Å². The lowest BCUT2D eigenvalue weighted by Gasteiger charge is -2.22. The molecule has 0 fully saturated rings. The second-order valence-corrected chi connectivity index (χ2v) is 8.07. The maximum absolute atomic E-state index is 12.0. The van der Waals surface area contributed by atoms with Crippen LogP contribution in [0.4, 0.5) is 0 Å².